The summed E-state index contributed by atoms with van der Waals surface area (Å²) in [5, 5.41) is 11.5. The number of benzene rings is 2. The molecule has 38 heavy (non-hydrogen) atoms. The lowest BCUT2D eigenvalue weighted by Crippen LogP contribution is -2.14. The maximum absolute atomic E-state index is 12.9. The number of nitrogens with zero attached hydrogens (tertiary/aromatic N) is 5. The van der Waals surface area contributed by atoms with Crippen molar-refractivity contribution >= 4 is 23.2 Å². The van der Waals surface area contributed by atoms with Crippen LogP contribution in [0.1, 0.15) is 38.9 Å². The summed E-state index contributed by atoms with van der Waals surface area (Å²) in [5.74, 6) is -0.0829. The minimum atomic E-state index is -0.480. The number of aryl methyl sites for hydroxylation is 2. The Labute approximate surface area is 218 Å². The lowest BCUT2D eigenvalue weighted by atomic mass is 10.1. The van der Waals surface area contributed by atoms with Crippen LogP contribution in [0.5, 0.6) is 5.75 Å². The van der Waals surface area contributed by atoms with Crippen molar-refractivity contribution in [3.05, 3.63) is 95.6 Å². The van der Waals surface area contributed by atoms with Crippen molar-refractivity contribution in [1.82, 2.24) is 24.4 Å². The van der Waals surface area contributed by atoms with Gasteiger partial charge in [-0.3, -0.25) is 4.79 Å². The minimum absolute atomic E-state index is 0.182. The van der Waals surface area contributed by atoms with Gasteiger partial charge in [0.25, 0.3) is 5.91 Å². The molecule has 0 fully saturated rings. The number of ether oxygens (including phenoxy) is 2. The van der Waals surface area contributed by atoms with Crippen molar-refractivity contribution in [3.8, 4) is 17.0 Å². The zero-order valence-electron chi connectivity index (χ0n) is 21.2. The molecule has 0 saturated heterocycles. The van der Waals surface area contributed by atoms with Crippen molar-refractivity contribution in [2.75, 3.05) is 11.9 Å². The van der Waals surface area contributed by atoms with E-state index in [0.717, 1.165) is 22.4 Å². The molecule has 0 radical (unpaired) electrons. The van der Waals surface area contributed by atoms with E-state index in [4.69, 9.17) is 9.47 Å². The first-order chi connectivity index (χ1) is 18.4. The monoisotopic (exact) mass is 510 g/mol. The second kappa shape index (κ2) is 10.6. The molecular weight excluding hydrogens is 484 g/mol. The quantitative estimate of drug-likeness (QED) is 0.302. The number of rotatable bonds is 8. The van der Waals surface area contributed by atoms with Gasteiger partial charge in [0.1, 0.15) is 11.3 Å². The Bertz CT molecular complexity index is 1620. The van der Waals surface area contributed by atoms with Gasteiger partial charge in [0.05, 0.1) is 18.5 Å². The average molecular weight is 511 g/mol. The van der Waals surface area contributed by atoms with Gasteiger partial charge in [0, 0.05) is 23.6 Å². The molecule has 0 bridgehead atoms. The van der Waals surface area contributed by atoms with E-state index in [-0.39, 0.29) is 30.5 Å². The van der Waals surface area contributed by atoms with Crippen LogP contribution in [0.25, 0.3) is 16.9 Å². The van der Waals surface area contributed by atoms with Crippen LogP contribution >= 0.6 is 0 Å². The average Bonchev–Trinajstić information content (AvgIpc) is 3.55. The number of carbonyl (C=O) groups excluding carboxylic acids is 2. The van der Waals surface area contributed by atoms with Crippen LogP contribution < -0.4 is 10.1 Å². The summed E-state index contributed by atoms with van der Waals surface area (Å²) in [6.45, 7) is 6.21. The number of hydrogen-bond donors (Lipinski definition) is 1. The molecule has 10 heteroatoms. The summed E-state index contributed by atoms with van der Waals surface area (Å²) in [5.41, 5.74) is 5.23. The third-order valence-corrected chi connectivity index (χ3v) is 5.74. The largest absolute Gasteiger partial charge is 0.471 e. The van der Waals surface area contributed by atoms with Crippen LogP contribution in [-0.4, -0.2) is 42.9 Å². The second-order valence-corrected chi connectivity index (χ2v) is 8.72. The summed E-state index contributed by atoms with van der Waals surface area (Å²) in [6.07, 6.45) is 4.74. The predicted octanol–water partition coefficient (Wildman–Crippen LogP) is 4.68. The molecule has 192 valence electrons. The van der Waals surface area contributed by atoms with Crippen molar-refractivity contribution in [3.63, 3.8) is 0 Å². The van der Waals surface area contributed by atoms with Crippen LogP contribution in [-0.2, 0) is 11.5 Å². The van der Waals surface area contributed by atoms with Gasteiger partial charge in [-0.2, -0.15) is 10.2 Å². The van der Waals surface area contributed by atoms with Gasteiger partial charge in [0.15, 0.2) is 18.1 Å². The van der Waals surface area contributed by atoms with E-state index in [1.54, 1.807) is 46.7 Å². The van der Waals surface area contributed by atoms with Crippen LogP contribution in [0.15, 0.2) is 73.2 Å². The Kier molecular flexibility index (Phi) is 6.86. The standard InChI is InChI=1S/C28H26N6O4/c1-4-37-28(36)23-16-30-34-25(8-10-29-26(23)34)20-6-5-7-21(15-20)31-27(35)24-9-11-33(32-24)17-38-22-13-18(2)12-19(3)14-22/h5-16H,4,17H2,1-3H3,(H,31,35). The third kappa shape index (κ3) is 5.24. The minimum Gasteiger partial charge on any atom is -0.471 e. The first-order valence-electron chi connectivity index (χ1n) is 12.1. The summed E-state index contributed by atoms with van der Waals surface area (Å²) in [4.78, 5) is 29.4. The van der Waals surface area contributed by atoms with E-state index < -0.39 is 5.97 Å². The van der Waals surface area contributed by atoms with E-state index in [1.165, 1.54) is 6.20 Å². The van der Waals surface area contributed by atoms with E-state index in [2.05, 4.69) is 26.6 Å². The molecule has 10 nitrogen and oxygen atoms in total. The fourth-order valence-corrected chi connectivity index (χ4v) is 4.13. The van der Waals surface area contributed by atoms with Crippen LogP contribution in [0.2, 0.25) is 0 Å². The molecule has 5 rings (SSSR count). The van der Waals surface area contributed by atoms with E-state index >= 15 is 0 Å². The van der Waals surface area contributed by atoms with Crippen LogP contribution in [0.3, 0.4) is 0 Å². The Morgan fingerprint density at radius 3 is 2.63 bits per heavy atom. The molecule has 0 unspecified atom stereocenters. The molecule has 0 aliphatic heterocycles. The Morgan fingerprint density at radius 2 is 1.84 bits per heavy atom. The summed E-state index contributed by atoms with van der Waals surface area (Å²) in [6, 6.07) is 16.7. The van der Waals surface area contributed by atoms with Crippen molar-refractivity contribution in [1.29, 1.82) is 0 Å². The lowest BCUT2D eigenvalue weighted by molar-refractivity contribution is 0.0528. The van der Waals surface area contributed by atoms with Crippen molar-refractivity contribution in [2.24, 2.45) is 0 Å². The maximum Gasteiger partial charge on any atom is 0.343 e. The van der Waals surface area contributed by atoms with E-state index in [0.29, 0.717) is 17.0 Å². The summed E-state index contributed by atoms with van der Waals surface area (Å²) >= 11 is 0. The zero-order chi connectivity index (χ0) is 26.6. The number of carbonyl (C=O) groups is 2. The van der Waals surface area contributed by atoms with E-state index in [9.17, 15) is 9.59 Å². The molecule has 0 atom stereocenters. The van der Waals surface area contributed by atoms with Gasteiger partial charge >= 0.3 is 5.97 Å². The third-order valence-electron chi connectivity index (χ3n) is 5.74. The molecule has 0 spiro atoms. The van der Waals surface area contributed by atoms with Gasteiger partial charge < -0.3 is 14.8 Å². The SMILES string of the molecule is CCOC(=O)c1cnn2c(-c3cccc(NC(=O)c4ccn(COc5cc(C)cc(C)c5)n4)c3)ccnc12. The molecule has 0 aliphatic carbocycles. The first-order valence-corrected chi connectivity index (χ1v) is 12.1. The number of amides is 1. The van der Waals surface area contributed by atoms with Crippen LogP contribution in [0.4, 0.5) is 5.69 Å². The molecule has 1 amide bonds. The van der Waals surface area contributed by atoms with Gasteiger partial charge in [-0.1, -0.05) is 18.2 Å². The summed E-state index contributed by atoms with van der Waals surface area (Å²) < 4.78 is 14.1. The van der Waals surface area contributed by atoms with Gasteiger partial charge in [0.2, 0.25) is 0 Å². The number of anilines is 1. The smallest absolute Gasteiger partial charge is 0.343 e. The molecule has 0 aliphatic rings. The molecule has 2 aromatic carbocycles. The van der Waals surface area contributed by atoms with Crippen molar-refractivity contribution in [2.45, 2.75) is 27.5 Å². The fourth-order valence-electron chi connectivity index (χ4n) is 4.13. The summed E-state index contributed by atoms with van der Waals surface area (Å²) in [7, 11) is 0. The zero-order valence-corrected chi connectivity index (χ0v) is 21.2. The number of fused-ring (bicyclic) bond motifs is 1. The number of esters is 1. The Balaban J connectivity index is 1.30. The van der Waals surface area contributed by atoms with Gasteiger partial charge in [-0.25, -0.2) is 19.0 Å². The highest BCUT2D eigenvalue weighted by molar-refractivity contribution is 6.03. The number of hydrogen-bond acceptors (Lipinski definition) is 7. The van der Waals surface area contributed by atoms with Gasteiger partial charge in [-0.05, 0) is 68.3 Å². The maximum atomic E-state index is 12.9. The lowest BCUT2D eigenvalue weighted by Gasteiger charge is -2.09. The first kappa shape index (κ1) is 24.7. The Morgan fingerprint density at radius 1 is 1.03 bits per heavy atom. The normalized spacial score (nSPS) is 10.9. The van der Waals surface area contributed by atoms with E-state index in [1.807, 2.05) is 44.2 Å². The number of aromatic nitrogens is 5. The molecule has 0 saturated carbocycles. The topological polar surface area (TPSA) is 113 Å². The molecule has 5 aromatic rings. The molecule has 3 aromatic heterocycles. The van der Waals surface area contributed by atoms with Crippen molar-refractivity contribution < 1.29 is 19.1 Å². The van der Waals surface area contributed by atoms with Gasteiger partial charge in [-0.15, -0.1) is 0 Å². The number of nitrogens with one attached hydrogen (secondary N) is 1. The second-order valence-electron chi connectivity index (χ2n) is 8.72. The Hall–Kier alpha value is -4.99. The highest BCUT2D eigenvalue weighted by Gasteiger charge is 2.17. The highest BCUT2D eigenvalue weighted by Crippen LogP contribution is 2.24. The predicted molar refractivity (Wildman–Crippen MR) is 141 cm³/mol. The molecule has 3 heterocycles. The highest BCUT2D eigenvalue weighted by atomic mass is 16.5. The molecule has 1 N–H and O–H groups in total. The fraction of sp³-hybridized carbons (Fsp3) is 0.179. The van der Waals surface area contributed by atoms with Crippen LogP contribution in [0, 0.1) is 13.8 Å². The molecular formula is C28H26N6O4.